The molecule has 1 aromatic heterocycles. The highest BCUT2D eigenvalue weighted by molar-refractivity contribution is 7.99. The Morgan fingerprint density at radius 3 is 3.27 bits per heavy atom. The molecule has 0 bridgehead atoms. The van der Waals surface area contributed by atoms with Gasteiger partial charge in [0.05, 0.1) is 11.9 Å². The maximum Gasteiger partial charge on any atom is 0.252 e. The molecule has 1 saturated heterocycles. The van der Waals surface area contributed by atoms with E-state index in [4.69, 9.17) is 15.0 Å². The fourth-order valence-electron chi connectivity index (χ4n) is 1.48. The van der Waals surface area contributed by atoms with E-state index in [1.807, 2.05) is 11.8 Å². The third kappa shape index (κ3) is 2.93. The lowest BCUT2D eigenvalue weighted by molar-refractivity contribution is 0.104. The van der Waals surface area contributed by atoms with Crippen LogP contribution in [0.5, 0.6) is 0 Å². The zero-order chi connectivity index (χ0) is 10.5. The molecule has 1 unspecified atom stereocenters. The van der Waals surface area contributed by atoms with E-state index in [2.05, 4.69) is 10.1 Å². The lowest BCUT2D eigenvalue weighted by Gasteiger charge is -1.99. The van der Waals surface area contributed by atoms with Gasteiger partial charge in [0.1, 0.15) is 6.61 Å². The maximum absolute atomic E-state index is 5.30. The molecule has 0 spiro atoms. The van der Waals surface area contributed by atoms with Gasteiger partial charge in [-0.25, -0.2) is 0 Å². The predicted octanol–water partition coefficient (Wildman–Crippen LogP) is 1.11. The molecule has 1 aromatic rings. The molecule has 2 heterocycles. The van der Waals surface area contributed by atoms with E-state index < -0.39 is 0 Å². The number of ether oxygens (including phenoxy) is 1. The minimum atomic E-state index is 0.363. The molecular formula is C9H15N3O2S. The molecule has 15 heavy (non-hydrogen) atoms. The molecule has 0 saturated carbocycles. The topological polar surface area (TPSA) is 74.2 Å². The molecule has 0 aromatic carbocycles. The van der Waals surface area contributed by atoms with Crippen molar-refractivity contribution in [3.8, 4) is 0 Å². The van der Waals surface area contributed by atoms with Gasteiger partial charge in [-0.3, -0.25) is 0 Å². The molecule has 6 heteroatoms. The number of hydrogen-bond donors (Lipinski definition) is 1. The monoisotopic (exact) mass is 229 g/mol. The first-order valence-corrected chi connectivity index (χ1v) is 6.17. The van der Waals surface area contributed by atoms with Crippen LogP contribution in [0.3, 0.4) is 0 Å². The van der Waals surface area contributed by atoms with E-state index in [1.165, 1.54) is 12.2 Å². The van der Waals surface area contributed by atoms with Crippen molar-refractivity contribution in [3.63, 3.8) is 0 Å². The van der Waals surface area contributed by atoms with Gasteiger partial charge in [-0.2, -0.15) is 16.7 Å². The van der Waals surface area contributed by atoms with Crippen LogP contribution >= 0.6 is 11.8 Å². The fraction of sp³-hybridized carbons (Fsp3) is 0.778. The summed E-state index contributed by atoms with van der Waals surface area (Å²) < 4.78 is 10.3. The van der Waals surface area contributed by atoms with Crippen molar-refractivity contribution in [1.29, 1.82) is 0 Å². The van der Waals surface area contributed by atoms with Crippen molar-refractivity contribution >= 4 is 11.8 Å². The molecule has 0 amide bonds. The van der Waals surface area contributed by atoms with Crippen LogP contribution in [0, 0.1) is 0 Å². The van der Waals surface area contributed by atoms with Crippen LogP contribution in [-0.4, -0.2) is 29.0 Å². The van der Waals surface area contributed by atoms with Crippen LogP contribution in [0.2, 0.25) is 0 Å². The maximum atomic E-state index is 5.30. The lowest BCUT2D eigenvalue weighted by Crippen LogP contribution is -2.08. The Balaban J connectivity index is 1.86. The second-order valence-corrected chi connectivity index (χ2v) is 4.70. The smallest absolute Gasteiger partial charge is 0.252 e. The molecule has 0 radical (unpaired) electrons. The summed E-state index contributed by atoms with van der Waals surface area (Å²) in [5.74, 6) is 2.55. The number of nitrogens with zero attached hydrogens (tertiary/aromatic N) is 2. The van der Waals surface area contributed by atoms with Gasteiger partial charge in [-0.05, 0) is 18.6 Å². The highest BCUT2D eigenvalue weighted by Gasteiger charge is 2.22. The second-order valence-electron chi connectivity index (χ2n) is 3.39. The van der Waals surface area contributed by atoms with Crippen LogP contribution in [-0.2, 0) is 11.3 Å². The van der Waals surface area contributed by atoms with Crippen LogP contribution in [0.4, 0.5) is 0 Å². The number of hydrogen-bond acceptors (Lipinski definition) is 6. The lowest BCUT2D eigenvalue weighted by atomic mass is 10.2. The van der Waals surface area contributed by atoms with E-state index in [0.29, 0.717) is 30.9 Å². The quantitative estimate of drug-likeness (QED) is 0.762. The first-order chi connectivity index (χ1) is 7.40. The van der Waals surface area contributed by atoms with Gasteiger partial charge in [0.15, 0.2) is 5.82 Å². The summed E-state index contributed by atoms with van der Waals surface area (Å²) in [7, 11) is 0. The number of aromatic nitrogens is 2. The largest absolute Gasteiger partial charge is 0.370 e. The van der Waals surface area contributed by atoms with Crippen LogP contribution in [0.15, 0.2) is 4.52 Å². The van der Waals surface area contributed by atoms with Crippen molar-refractivity contribution in [3.05, 3.63) is 11.7 Å². The summed E-state index contributed by atoms with van der Waals surface area (Å²) in [5.41, 5.74) is 5.30. The van der Waals surface area contributed by atoms with Crippen molar-refractivity contribution in [2.45, 2.75) is 24.7 Å². The minimum Gasteiger partial charge on any atom is -0.370 e. The number of nitrogens with two attached hydrogens (primary N) is 1. The summed E-state index contributed by atoms with van der Waals surface area (Å²) >= 11 is 1.89. The van der Waals surface area contributed by atoms with Crippen molar-refractivity contribution in [2.24, 2.45) is 5.73 Å². The summed E-state index contributed by atoms with van der Waals surface area (Å²) in [6.07, 6.45) is 2.39. The molecule has 5 nitrogen and oxygen atoms in total. The average molecular weight is 229 g/mol. The molecule has 2 N–H and O–H groups in total. The van der Waals surface area contributed by atoms with E-state index in [9.17, 15) is 0 Å². The summed E-state index contributed by atoms with van der Waals surface area (Å²) in [6, 6.07) is 0. The van der Waals surface area contributed by atoms with Gasteiger partial charge < -0.3 is 15.0 Å². The van der Waals surface area contributed by atoms with Crippen molar-refractivity contribution in [2.75, 3.05) is 18.9 Å². The first-order valence-electron chi connectivity index (χ1n) is 5.12. The van der Waals surface area contributed by atoms with Crippen molar-refractivity contribution in [1.82, 2.24) is 10.1 Å². The zero-order valence-electron chi connectivity index (χ0n) is 8.52. The van der Waals surface area contributed by atoms with Gasteiger partial charge in [0.25, 0.3) is 5.89 Å². The predicted molar refractivity (Wildman–Crippen MR) is 57.4 cm³/mol. The number of thioether (sulfide) groups is 1. The Morgan fingerprint density at radius 1 is 1.60 bits per heavy atom. The van der Waals surface area contributed by atoms with Crippen molar-refractivity contribution < 1.29 is 9.26 Å². The van der Waals surface area contributed by atoms with Crippen LogP contribution in [0.1, 0.15) is 29.8 Å². The minimum absolute atomic E-state index is 0.363. The van der Waals surface area contributed by atoms with E-state index >= 15 is 0 Å². The Morgan fingerprint density at radius 2 is 2.53 bits per heavy atom. The molecule has 0 aliphatic carbocycles. The average Bonchev–Trinajstić information content (AvgIpc) is 2.87. The Hall–Kier alpha value is -0.590. The third-order valence-corrected chi connectivity index (χ3v) is 3.56. The van der Waals surface area contributed by atoms with E-state index in [0.717, 1.165) is 12.2 Å². The van der Waals surface area contributed by atoms with Gasteiger partial charge in [0.2, 0.25) is 0 Å². The summed E-state index contributed by atoms with van der Waals surface area (Å²) in [4.78, 5) is 4.30. The third-order valence-electron chi connectivity index (χ3n) is 2.19. The molecule has 1 aliphatic rings. The fourth-order valence-corrected chi connectivity index (χ4v) is 2.68. The molecule has 1 fully saturated rings. The Bertz CT molecular complexity index is 299. The standard InChI is InChI=1S/C9H15N3O2S/c10-3-4-13-6-8-11-9(12-14-8)7-2-1-5-15-7/h7H,1-6,10H2. The van der Waals surface area contributed by atoms with Gasteiger partial charge in [-0.1, -0.05) is 5.16 Å². The van der Waals surface area contributed by atoms with Gasteiger partial charge in [0, 0.05) is 6.54 Å². The van der Waals surface area contributed by atoms with E-state index in [1.54, 1.807) is 0 Å². The zero-order valence-corrected chi connectivity index (χ0v) is 9.33. The molecule has 1 atom stereocenters. The molecule has 1 aliphatic heterocycles. The normalized spacial score (nSPS) is 21.0. The molecule has 2 rings (SSSR count). The highest BCUT2D eigenvalue weighted by atomic mass is 32.2. The van der Waals surface area contributed by atoms with Crippen LogP contribution in [0.25, 0.3) is 0 Å². The SMILES string of the molecule is NCCOCc1nc(C2CCCS2)no1. The summed E-state index contributed by atoms with van der Waals surface area (Å²) in [5, 5.41) is 4.37. The Kier molecular flexibility index (Phi) is 3.99. The van der Waals surface area contributed by atoms with Gasteiger partial charge in [-0.15, -0.1) is 0 Å². The molecule has 84 valence electrons. The summed E-state index contributed by atoms with van der Waals surface area (Å²) in [6.45, 7) is 1.40. The van der Waals surface area contributed by atoms with E-state index in [-0.39, 0.29) is 0 Å². The second kappa shape index (κ2) is 5.48. The molecular weight excluding hydrogens is 214 g/mol. The Labute approximate surface area is 92.7 Å². The van der Waals surface area contributed by atoms with Gasteiger partial charge >= 0.3 is 0 Å². The first kappa shape index (κ1) is 10.9. The highest BCUT2D eigenvalue weighted by Crippen LogP contribution is 2.38. The van der Waals surface area contributed by atoms with Crippen LogP contribution < -0.4 is 5.73 Å². The number of rotatable bonds is 5.